The van der Waals surface area contributed by atoms with Gasteiger partial charge in [0, 0.05) is 19.8 Å². The Morgan fingerprint density at radius 3 is 2.88 bits per heavy atom. The number of hydrogen-bond donors (Lipinski definition) is 1. The molecule has 1 fully saturated rings. The minimum Gasteiger partial charge on any atom is -0.316 e. The molecule has 3 heteroatoms. The van der Waals surface area contributed by atoms with Crippen molar-refractivity contribution in [3.8, 4) is 0 Å². The summed E-state index contributed by atoms with van der Waals surface area (Å²) in [4.78, 5) is 0. The highest BCUT2D eigenvalue weighted by Gasteiger charge is 2.41. The summed E-state index contributed by atoms with van der Waals surface area (Å²) >= 11 is 0. The molecule has 16 heavy (non-hydrogen) atoms. The van der Waals surface area contributed by atoms with Crippen LogP contribution in [0.15, 0.2) is 12.4 Å². The predicted octanol–water partition coefficient (Wildman–Crippen LogP) is 2.13. The van der Waals surface area contributed by atoms with Gasteiger partial charge in [-0.1, -0.05) is 6.92 Å². The third-order valence-corrected chi connectivity index (χ3v) is 3.59. The van der Waals surface area contributed by atoms with Crippen LogP contribution in [0.4, 0.5) is 0 Å². The summed E-state index contributed by atoms with van der Waals surface area (Å²) in [5, 5.41) is 7.77. The molecule has 0 aliphatic heterocycles. The maximum absolute atomic E-state index is 4.21. The fourth-order valence-corrected chi connectivity index (χ4v) is 2.23. The van der Waals surface area contributed by atoms with Gasteiger partial charge in [-0.2, -0.15) is 5.10 Å². The van der Waals surface area contributed by atoms with Gasteiger partial charge >= 0.3 is 0 Å². The minimum atomic E-state index is 0.616. The first-order valence-corrected chi connectivity index (χ1v) is 6.42. The van der Waals surface area contributed by atoms with Crippen molar-refractivity contribution < 1.29 is 0 Å². The molecule has 90 valence electrons. The highest BCUT2D eigenvalue weighted by Crippen LogP contribution is 2.48. The molecule has 1 aromatic heterocycles. The summed E-state index contributed by atoms with van der Waals surface area (Å²) in [7, 11) is 1.99. The molecule has 1 aliphatic rings. The van der Waals surface area contributed by atoms with E-state index >= 15 is 0 Å². The van der Waals surface area contributed by atoms with Crippen LogP contribution in [0, 0.1) is 5.41 Å². The predicted molar refractivity (Wildman–Crippen MR) is 66.4 cm³/mol. The van der Waals surface area contributed by atoms with Crippen LogP contribution in [-0.2, 0) is 13.5 Å². The molecule has 0 amide bonds. The van der Waals surface area contributed by atoms with E-state index in [2.05, 4.69) is 23.5 Å². The molecule has 1 aromatic rings. The lowest BCUT2D eigenvalue weighted by Gasteiger charge is -2.15. The van der Waals surface area contributed by atoms with Gasteiger partial charge < -0.3 is 5.32 Å². The molecule has 3 nitrogen and oxygen atoms in total. The molecular formula is C13H23N3. The second-order valence-corrected chi connectivity index (χ2v) is 5.20. The van der Waals surface area contributed by atoms with Crippen molar-refractivity contribution in [2.45, 2.75) is 39.0 Å². The third kappa shape index (κ3) is 3.08. The molecule has 1 aliphatic carbocycles. The lowest BCUT2D eigenvalue weighted by atomic mass is 9.98. The topological polar surface area (TPSA) is 29.9 Å². The van der Waals surface area contributed by atoms with E-state index in [0.29, 0.717) is 5.41 Å². The van der Waals surface area contributed by atoms with E-state index < -0.39 is 0 Å². The van der Waals surface area contributed by atoms with E-state index in [0.717, 1.165) is 6.54 Å². The van der Waals surface area contributed by atoms with Gasteiger partial charge in [0.1, 0.15) is 0 Å². The van der Waals surface area contributed by atoms with E-state index in [-0.39, 0.29) is 0 Å². The largest absolute Gasteiger partial charge is 0.316 e. The summed E-state index contributed by atoms with van der Waals surface area (Å²) in [6.07, 6.45) is 10.7. The number of nitrogens with one attached hydrogen (secondary N) is 1. The maximum atomic E-state index is 4.21. The molecular weight excluding hydrogens is 198 g/mol. The van der Waals surface area contributed by atoms with Crippen molar-refractivity contribution in [2.24, 2.45) is 12.5 Å². The van der Waals surface area contributed by atoms with Gasteiger partial charge in [-0.05, 0) is 49.6 Å². The van der Waals surface area contributed by atoms with Crippen LogP contribution >= 0.6 is 0 Å². The zero-order chi connectivity index (χ0) is 11.4. The van der Waals surface area contributed by atoms with E-state index in [1.165, 1.54) is 44.2 Å². The normalized spacial score (nSPS) is 17.6. The third-order valence-electron chi connectivity index (χ3n) is 3.59. The number of hydrogen-bond acceptors (Lipinski definition) is 2. The SMILES string of the molecule is CCCNCC1(CCc2cnn(C)c2)CC1. The molecule has 0 aromatic carbocycles. The van der Waals surface area contributed by atoms with Crippen molar-refractivity contribution in [3.63, 3.8) is 0 Å². The van der Waals surface area contributed by atoms with Crippen LogP contribution in [0.3, 0.4) is 0 Å². The number of rotatable bonds is 7. The zero-order valence-corrected chi connectivity index (χ0v) is 10.5. The number of aromatic nitrogens is 2. The summed E-state index contributed by atoms with van der Waals surface area (Å²) < 4.78 is 1.89. The van der Waals surface area contributed by atoms with Gasteiger partial charge in [0.05, 0.1) is 6.20 Å². The molecule has 0 spiro atoms. The Hall–Kier alpha value is -0.830. The van der Waals surface area contributed by atoms with Crippen LogP contribution in [0.5, 0.6) is 0 Å². The van der Waals surface area contributed by atoms with Crippen molar-refractivity contribution >= 4 is 0 Å². The Morgan fingerprint density at radius 1 is 1.50 bits per heavy atom. The first-order chi connectivity index (χ1) is 7.74. The van der Waals surface area contributed by atoms with Crippen molar-refractivity contribution in [2.75, 3.05) is 13.1 Å². The fourth-order valence-electron chi connectivity index (χ4n) is 2.23. The van der Waals surface area contributed by atoms with E-state index in [4.69, 9.17) is 0 Å². The first-order valence-electron chi connectivity index (χ1n) is 6.42. The van der Waals surface area contributed by atoms with E-state index in [1.54, 1.807) is 0 Å². The van der Waals surface area contributed by atoms with Crippen LogP contribution in [-0.4, -0.2) is 22.9 Å². The first kappa shape index (κ1) is 11.6. The number of nitrogens with zero attached hydrogens (tertiary/aromatic N) is 2. The van der Waals surface area contributed by atoms with Gasteiger partial charge in [0.15, 0.2) is 0 Å². The Bertz CT molecular complexity index is 326. The molecule has 0 atom stereocenters. The maximum Gasteiger partial charge on any atom is 0.0521 e. The second-order valence-electron chi connectivity index (χ2n) is 5.20. The Balaban J connectivity index is 1.72. The Labute approximate surface area is 98.2 Å². The molecule has 0 bridgehead atoms. The molecule has 2 rings (SSSR count). The molecule has 1 heterocycles. The Morgan fingerprint density at radius 2 is 2.31 bits per heavy atom. The Kier molecular flexibility index (Phi) is 3.64. The fraction of sp³-hybridized carbons (Fsp3) is 0.769. The minimum absolute atomic E-state index is 0.616. The van der Waals surface area contributed by atoms with Crippen LogP contribution < -0.4 is 5.32 Å². The van der Waals surface area contributed by atoms with E-state index in [1.807, 2.05) is 17.9 Å². The standard InChI is InChI=1S/C13H23N3/c1-3-8-14-11-13(6-7-13)5-4-12-9-15-16(2)10-12/h9-10,14H,3-8,11H2,1-2H3. The molecule has 1 N–H and O–H groups in total. The lowest BCUT2D eigenvalue weighted by Crippen LogP contribution is -2.25. The van der Waals surface area contributed by atoms with E-state index in [9.17, 15) is 0 Å². The molecule has 0 radical (unpaired) electrons. The molecule has 1 saturated carbocycles. The second kappa shape index (κ2) is 5.00. The molecule has 0 unspecified atom stereocenters. The highest BCUT2D eigenvalue weighted by atomic mass is 15.2. The monoisotopic (exact) mass is 221 g/mol. The average molecular weight is 221 g/mol. The number of aryl methyl sites for hydroxylation is 2. The lowest BCUT2D eigenvalue weighted by molar-refractivity contribution is 0.426. The molecule has 0 saturated heterocycles. The summed E-state index contributed by atoms with van der Waals surface area (Å²) in [5.74, 6) is 0. The summed E-state index contributed by atoms with van der Waals surface area (Å²) in [6, 6.07) is 0. The van der Waals surface area contributed by atoms with Gasteiger partial charge in [-0.3, -0.25) is 4.68 Å². The summed E-state index contributed by atoms with van der Waals surface area (Å²) in [6.45, 7) is 4.60. The highest BCUT2D eigenvalue weighted by molar-refractivity contribution is 5.06. The van der Waals surface area contributed by atoms with Gasteiger partial charge in [-0.15, -0.1) is 0 Å². The van der Waals surface area contributed by atoms with Crippen molar-refractivity contribution in [1.29, 1.82) is 0 Å². The van der Waals surface area contributed by atoms with Crippen LogP contribution in [0.1, 0.15) is 38.2 Å². The van der Waals surface area contributed by atoms with Crippen molar-refractivity contribution in [1.82, 2.24) is 15.1 Å². The quantitative estimate of drug-likeness (QED) is 0.715. The van der Waals surface area contributed by atoms with Crippen LogP contribution in [0.2, 0.25) is 0 Å². The average Bonchev–Trinajstić information content (AvgIpc) is 2.92. The van der Waals surface area contributed by atoms with Gasteiger partial charge in [-0.25, -0.2) is 0 Å². The smallest absolute Gasteiger partial charge is 0.0521 e. The van der Waals surface area contributed by atoms with Gasteiger partial charge in [0.25, 0.3) is 0 Å². The van der Waals surface area contributed by atoms with Crippen LogP contribution in [0.25, 0.3) is 0 Å². The van der Waals surface area contributed by atoms with Gasteiger partial charge in [0.2, 0.25) is 0 Å². The summed E-state index contributed by atoms with van der Waals surface area (Å²) in [5.41, 5.74) is 2.00. The zero-order valence-electron chi connectivity index (χ0n) is 10.5. The van der Waals surface area contributed by atoms with Crippen molar-refractivity contribution in [3.05, 3.63) is 18.0 Å².